The highest BCUT2D eigenvalue weighted by molar-refractivity contribution is 7.83. The Morgan fingerprint density at radius 1 is 1.16 bits per heavy atom. The van der Waals surface area contributed by atoms with Crippen LogP contribution in [0.15, 0.2) is 59.5 Å². The Labute approximate surface area is 222 Å². The molecule has 0 saturated heterocycles. The molecule has 6 nitrogen and oxygen atoms in total. The fourth-order valence-electron chi connectivity index (χ4n) is 3.99. The number of fused-ring (bicyclic) bond motifs is 1. The molecule has 1 saturated carbocycles. The van der Waals surface area contributed by atoms with Crippen molar-refractivity contribution in [3.05, 3.63) is 76.0 Å². The van der Waals surface area contributed by atoms with E-state index in [4.69, 9.17) is 23.2 Å². The number of para-hydroxylation sites is 1. The number of hydrogen-bond donors (Lipinski definition) is 3. The Kier molecular flexibility index (Phi) is 7.21. The summed E-state index contributed by atoms with van der Waals surface area (Å²) in [5, 5.41) is 10.3. The minimum Gasteiger partial charge on any atom is -0.405 e. The first kappa shape index (κ1) is 26.0. The summed E-state index contributed by atoms with van der Waals surface area (Å²) in [6, 6.07) is 14.3. The minimum absolute atomic E-state index is 0.0387. The Balaban J connectivity index is 1.50. The quantitative estimate of drug-likeness (QED) is 0.231. The van der Waals surface area contributed by atoms with E-state index in [-0.39, 0.29) is 39.3 Å². The summed E-state index contributed by atoms with van der Waals surface area (Å²) in [4.78, 5) is 8.28. The first-order valence-corrected chi connectivity index (χ1v) is 13.2. The van der Waals surface area contributed by atoms with Crippen molar-refractivity contribution in [2.24, 2.45) is 0 Å². The summed E-state index contributed by atoms with van der Waals surface area (Å²) < 4.78 is 58.5. The van der Waals surface area contributed by atoms with Crippen LogP contribution in [0.3, 0.4) is 0 Å². The first-order valence-electron chi connectivity index (χ1n) is 11.3. The fraction of sp³-hybridized carbons (Fsp3) is 0.240. The van der Waals surface area contributed by atoms with E-state index in [0.29, 0.717) is 16.2 Å². The average Bonchev–Trinajstić information content (AvgIpc) is 3.56. The van der Waals surface area contributed by atoms with E-state index in [1.807, 2.05) is 0 Å². The highest BCUT2D eigenvalue weighted by atomic mass is 35.5. The number of benzene rings is 3. The number of nitrogens with one attached hydrogen (secondary N) is 2. The topological polar surface area (TPSA) is 87.2 Å². The Morgan fingerprint density at radius 3 is 2.51 bits per heavy atom. The molecule has 0 bridgehead atoms. The zero-order valence-electron chi connectivity index (χ0n) is 19.0. The van der Waals surface area contributed by atoms with Gasteiger partial charge in [-0.15, -0.1) is 13.2 Å². The van der Waals surface area contributed by atoms with E-state index in [2.05, 4.69) is 19.4 Å². The van der Waals surface area contributed by atoms with Gasteiger partial charge in [0, 0.05) is 17.2 Å². The van der Waals surface area contributed by atoms with Crippen LogP contribution in [0.1, 0.15) is 30.1 Å². The molecule has 1 heterocycles. The van der Waals surface area contributed by atoms with Gasteiger partial charge >= 0.3 is 6.36 Å². The predicted molar refractivity (Wildman–Crippen MR) is 136 cm³/mol. The third-order valence-corrected chi connectivity index (χ3v) is 7.84. The van der Waals surface area contributed by atoms with Crippen molar-refractivity contribution in [2.45, 2.75) is 36.1 Å². The minimum atomic E-state index is -4.90. The van der Waals surface area contributed by atoms with Crippen LogP contribution in [0.25, 0.3) is 22.2 Å². The molecule has 2 unspecified atom stereocenters. The van der Waals surface area contributed by atoms with E-state index >= 15 is 0 Å². The second-order valence-electron chi connectivity index (χ2n) is 8.57. The zero-order valence-corrected chi connectivity index (χ0v) is 21.3. The van der Waals surface area contributed by atoms with Crippen molar-refractivity contribution in [1.82, 2.24) is 14.7 Å². The lowest BCUT2D eigenvalue weighted by molar-refractivity contribution is -0.274. The van der Waals surface area contributed by atoms with Crippen LogP contribution < -0.4 is 9.46 Å². The van der Waals surface area contributed by atoms with Crippen LogP contribution in [0.5, 0.6) is 5.75 Å². The van der Waals surface area contributed by atoms with Gasteiger partial charge in [-0.05, 0) is 42.7 Å². The number of aliphatic hydroxyl groups excluding tert-OH is 1. The van der Waals surface area contributed by atoms with Gasteiger partial charge in [-0.3, -0.25) is 0 Å². The van der Waals surface area contributed by atoms with Gasteiger partial charge in [0.1, 0.15) is 28.1 Å². The Bertz CT molecular complexity index is 1470. The molecule has 4 aromatic rings. The molecular formula is C25H20Cl2F3N3O3S. The number of imidazole rings is 1. The van der Waals surface area contributed by atoms with Crippen LogP contribution >= 0.6 is 23.2 Å². The van der Waals surface area contributed by atoms with Crippen molar-refractivity contribution in [1.29, 1.82) is 0 Å². The third kappa shape index (κ3) is 5.63. The largest absolute Gasteiger partial charge is 0.573 e. The summed E-state index contributed by atoms with van der Waals surface area (Å²) in [7, 11) is -1.32. The summed E-state index contributed by atoms with van der Waals surface area (Å²) in [5.41, 5.74) is 1.66. The van der Waals surface area contributed by atoms with Gasteiger partial charge in [0.2, 0.25) is 0 Å². The lowest BCUT2D eigenvalue weighted by Gasteiger charge is -2.15. The molecule has 0 amide bonds. The van der Waals surface area contributed by atoms with Gasteiger partial charge in [-0.2, -0.15) is 0 Å². The maximum Gasteiger partial charge on any atom is 0.573 e. The second-order valence-corrected chi connectivity index (χ2v) is 10.6. The number of nitrogens with zero attached hydrogens (tertiary/aromatic N) is 1. The molecule has 5 rings (SSSR count). The maximum atomic E-state index is 13.0. The second kappa shape index (κ2) is 10.3. The maximum absolute atomic E-state index is 13.0. The van der Waals surface area contributed by atoms with Crippen molar-refractivity contribution >= 4 is 45.2 Å². The molecule has 1 fully saturated rings. The predicted octanol–water partition coefficient (Wildman–Crippen LogP) is 6.33. The van der Waals surface area contributed by atoms with Crippen molar-refractivity contribution < 1.29 is 27.2 Å². The number of aromatic nitrogens is 2. The number of aromatic amines is 1. The van der Waals surface area contributed by atoms with Crippen molar-refractivity contribution in [3.63, 3.8) is 0 Å². The standard InChI is InChI=1S/C25H20Cl2F3N3O3S/c26-18-11-19-23(22(27)21(18)16-3-1-2-4-20(16)36-25(28,29)30)32-24(31-19)17(12-34)13-5-9-15(10-6-13)37(35)33-14-7-8-14/h1-6,9-11,14,17,33-34H,7-8,12H2,(H,31,32). The van der Waals surface area contributed by atoms with E-state index in [0.717, 1.165) is 18.4 Å². The van der Waals surface area contributed by atoms with Gasteiger partial charge in [0.05, 0.1) is 33.0 Å². The van der Waals surface area contributed by atoms with Gasteiger partial charge in [0.15, 0.2) is 0 Å². The van der Waals surface area contributed by atoms with Crippen molar-refractivity contribution in [2.75, 3.05) is 6.61 Å². The van der Waals surface area contributed by atoms with E-state index in [1.54, 1.807) is 30.3 Å². The van der Waals surface area contributed by atoms with Crippen LogP contribution in [-0.2, 0) is 11.0 Å². The van der Waals surface area contributed by atoms with Gasteiger partial charge in [-0.25, -0.2) is 13.9 Å². The SMILES string of the molecule is O=S(NC1CC1)c1ccc(C(CO)c2nc3c(Cl)c(-c4ccccc4OC(F)(F)F)c(Cl)cc3[nH]2)cc1. The molecule has 0 aliphatic heterocycles. The molecule has 37 heavy (non-hydrogen) atoms. The Morgan fingerprint density at radius 2 is 1.86 bits per heavy atom. The first-order chi connectivity index (χ1) is 17.6. The van der Waals surface area contributed by atoms with E-state index in [9.17, 15) is 22.5 Å². The summed E-state index contributed by atoms with van der Waals surface area (Å²) >= 11 is 13.1. The number of H-pyrrole nitrogens is 1. The van der Waals surface area contributed by atoms with E-state index < -0.39 is 29.0 Å². The van der Waals surface area contributed by atoms with Gasteiger partial charge in [0.25, 0.3) is 0 Å². The van der Waals surface area contributed by atoms with Crippen LogP contribution in [0, 0.1) is 0 Å². The van der Waals surface area contributed by atoms with Crippen molar-refractivity contribution in [3.8, 4) is 16.9 Å². The number of rotatable bonds is 8. The smallest absolute Gasteiger partial charge is 0.405 e. The monoisotopic (exact) mass is 569 g/mol. The van der Waals surface area contributed by atoms with Gasteiger partial charge in [-0.1, -0.05) is 53.5 Å². The zero-order chi connectivity index (χ0) is 26.3. The molecule has 1 aliphatic rings. The number of alkyl halides is 3. The molecule has 3 N–H and O–H groups in total. The van der Waals surface area contributed by atoms with Gasteiger partial charge < -0.3 is 14.8 Å². The lowest BCUT2D eigenvalue weighted by atomic mass is 9.99. The number of aliphatic hydroxyl groups is 1. The molecule has 0 radical (unpaired) electrons. The molecule has 1 aromatic heterocycles. The molecular weight excluding hydrogens is 550 g/mol. The summed E-state index contributed by atoms with van der Waals surface area (Å²) in [6.45, 7) is -0.289. The average molecular weight is 570 g/mol. The Hall–Kier alpha value is -2.63. The summed E-state index contributed by atoms with van der Waals surface area (Å²) in [5.74, 6) is -0.626. The fourth-order valence-corrected chi connectivity index (χ4v) is 5.75. The molecule has 194 valence electrons. The summed E-state index contributed by atoms with van der Waals surface area (Å²) in [6.07, 6.45) is -2.88. The van der Waals surface area contributed by atoms with Crippen LogP contribution in [-0.4, -0.2) is 38.3 Å². The molecule has 1 aliphatic carbocycles. The molecule has 3 aromatic carbocycles. The third-order valence-electron chi connectivity index (χ3n) is 5.93. The van der Waals surface area contributed by atoms with Crippen LogP contribution in [0.2, 0.25) is 10.0 Å². The molecule has 12 heteroatoms. The number of halogens is 5. The highest BCUT2D eigenvalue weighted by Gasteiger charge is 2.33. The number of hydrogen-bond acceptors (Lipinski definition) is 4. The number of ether oxygens (including phenoxy) is 1. The highest BCUT2D eigenvalue weighted by Crippen LogP contribution is 2.44. The normalized spacial score (nSPS) is 15.6. The molecule has 0 spiro atoms. The lowest BCUT2D eigenvalue weighted by Crippen LogP contribution is -2.19. The van der Waals surface area contributed by atoms with E-state index in [1.165, 1.54) is 24.3 Å². The molecule has 2 atom stereocenters. The van der Waals surface area contributed by atoms with Crippen LogP contribution in [0.4, 0.5) is 13.2 Å².